The van der Waals surface area contributed by atoms with Gasteiger partial charge < -0.3 is 14.7 Å². The summed E-state index contributed by atoms with van der Waals surface area (Å²) < 4.78 is 30.1. The highest BCUT2D eigenvalue weighted by atomic mass is 32.2. The molecule has 3 unspecified atom stereocenters. The van der Waals surface area contributed by atoms with E-state index in [0.29, 0.717) is 32.5 Å². The van der Waals surface area contributed by atoms with Gasteiger partial charge in [0.15, 0.2) is 0 Å². The lowest BCUT2D eigenvalue weighted by Gasteiger charge is -2.40. The van der Waals surface area contributed by atoms with Crippen LogP contribution in [0.1, 0.15) is 19.8 Å². The fourth-order valence-electron chi connectivity index (χ4n) is 2.91. The van der Waals surface area contributed by atoms with Crippen molar-refractivity contribution < 1.29 is 23.1 Å². The van der Waals surface area contributed by atoms with E-state index in [1.807, 2.05) is 6.92 Å². The van der Waals surface area contributed by atoms with E-state index in [0.717, 1.165) is 0 Å². The van der Waals surface area contributed by atoms with Crippen LogP contribution in [0, 0.1) is 5.92 Å². The Morgan fingerprint density at radius 3 is 2.71 bits per heavy atom. The van der Waals surface area contributed by atoms with E-state index in [1.165, 1.54) is 10.6 Å². The van der Waals surface area contributed by atoms with E-state index in [1.54, 1.807) is 4.90 Å². The number of carbonyl (C=O) groups excluding carboxylic acids is 1. The third-order valence-corrected chi connectivity index (χ3v) is 5.46. The average Bonchev–Trinajstić information content (AvgIpc) is 2.46. The number of sulfonamides is 1. The van der Waals surface area contributed by atoms with Gasteiger partial charge in [-0.2, -0.15) is 0 Å². The highest BCUT2D eigenvalue weighted by molar-refractivity contribution is 7.88. The molecule has 0 saturated carbocycles. The molecule has 0 aromatic rings. The number of hydrogen-bond donors (Lipinski definition) is 1. The summed E-state index contributed by atoms with van der Waals surface area (Å²) >= 11 is 0. The minimum absolute atomic E-state index is 0.0300. The normalized spacial score (nSPS) is 32.1. The second-order valence-electron chi connectivity index (χ2n) is 5.94. The Morgan fingerprint density at radius 1 is 1.38 bits per heavy atom. The molecule has 2 aliphatic heterocycles. The average molecular weight is 320 g/mol. The largest absolute Gasteiger partial charge is 0.394 e. The number of aliphatic hydroxyl groups excluding tert-OH is 1. The second kappa shape index (κ2) is 6.60. The number of ether oxygens (including phenoxy) is 1. The van der Waals surface area contributed by atoms with Crippen LogP contribution in [0.25, 0.3) is 0 Å². The molecule has 2 heterocycles. The first-order chi connectivity index (χ1) is 9.82. The zero-order valence-corrected chi connectivity index (χ0v) is 13.4. The van der Waals surface area contributed by atoms with E-state index in [-0.39, 0.29) is 37.1 Å². The number of carbonyl (C=O) groups is 1. The van der Waals surface area contributed by atoms with Gasteiger partial charge in [0, 0.05) is 19.6 Å². The molecule has 0 bridgehead atoms. The maximum Gasteiger partial charge on any atom is 0.227 e. The van der Waals surface area contributed by atoms with Crippen LogP contribution in [0.15, 0.2) is 0 Å². The van der Waals surface area contributed by atoms with E-state index < -0.39 is 10.0 Å². The fourth-order valence-corrected chi connectivity index (χ4v) is 3.83. The van der Waals surface area contributed by atoms with Crippen molar-refractivity contribution in [1.29, 1.82) is 0 Å². The monoisotopic (exact) mass is 320 g/mol. The molecule has 2 saturated heterocycles. The van der Waals surface area contributed by atoms with E-state index in [9.17, 15) is 18.3 Å². The van der Waals surface area contributed by atoms with Gasteiger partial charge in [-0.15, -0.1) is 0 Å². The number of rotatable bonds is 3. The Hall–Kier alpha value is -0.700. The maximum atomic E-state index is 12.7. The SMILES string of the molecule is CC1COC(CO)CN1C(=O)C1CCCN(S(C)(=O)=O)C1. The fraction of sp³-hybridized carbons (Fsp3) is 0.923. The molecule has 2 rings (SSSR count). The first-order valence-corrected chi connectivity index (χ1v) is 9.15. The molecule has 21 heavy (non-hydrogen) atoms. The summed E-state index contributed by atoms with van der Waals surface area (Å²) in [6.45, 7) is 3.30. The Labute approximate surface area is 125 Å². The Bertz CT molecular complexity index is 481. The van der Waals surface area contributed by atoms with Crippen molar-refractivity contribution in [2.75, 3.05) is 39.1 Å². The maximum absolute atomic E-state index is 12.7. The molecule has 0 spiro atoms. The Morgan fingerprint density at radius 2 is 2.10 bits per heavy atom. The molecule has 2 fully saturated rings. The summed E-state index contributed by atoms with van der Waals surface area (Å²) in [4.78, 5) is 14.4. The Kier molecular flexibility index (Phi) is 5.24. The number of morpholine rings is 1. The molecular weight excluding hydrogens is 296 g/mol. The molecule has 0 aromatic heterocycles. The van der Waals surface area contributed by atoms with Gasteiger partial charge in [-0.05, 0) is 19.8 Å². The van der Waals surface area contributed by atoms with Crippen LogP contribution in [-0.2, 0) is 19.6 Å². The third kappa shape index (κ3) is 3.94. The van der Waals surface area contributed by atoms with Crippen molar-refractivity contribution in [2.24, 2.45) is 5.92 Å². The lowest BCUT2D eigenvalue weighted by atomic mass is 9.97. The molecule has 8 heteroatoms. The quantitative estimate of drug-likeness (QED) is 0.740. The third-order valence-electron chi connectivity index (χ3n) is 4.19. The number of amides is 1. The summed E-state index contributed by atoms with van der Waals surface area (Å²) in [6.07, 6.45) is 2.24. The minimum Gasteiger partial charge on any atom is -0.394 e. The molecule has 3 atom stereocenters. The lowest BCUT2D eigenvalue weighted by Crippen LogP contribution is -2.55. The van der Waals surface area contributed by atoms with Crippen molar-refractivity contribution in [2.45, 2.75) is 31.9 Å². The second-order valence-corrected chi connectivity index (χ2v) is 7.92. The van der Waals surface area contributed by atoms with Gasteiger partial charge >= 0.3 is 0 Å². The number of hydrogen-bond acceptors (Lipinski definition) is 5. The van der Waals surface area contributed by atoms with Crippen LogP contribution >= 0.6 is 0 Å². The van der Waals surface area contributed by atoms with Crippen molar-refractivity contribution in [3.63, 3.8) is 0 Å². The first kappa shape index (κ1) is 16.7. The van der Waals surface area contributed by atoms with Crippen LogP contribution in [0.3, 0.4) is 0 Å². The van der Waals surface area contributed by atoms with Crippen molar-refractivity contribution >= 4 is 15.9 Å². The molecule has 1 N–H and O–H groups in total. The summed E-state index contributed by atoms with van der Waals surface area (Å²) in [5, 5.41) is 9.19. The van der Waals surface area contributed by atoms with Gasteiger partial charge in [-0.25, -0.2) is 12.7 Å². The predicted octanol–water partition coefficient (Wildman–Crippen LogP) is -0.734. The summed E-state index contributed by atoms with van der Waals surface area (Å²) in [5.41, 5.74) is 0. The van der Waals surface area contributed by atoms with Crippen molar-refractivity contribution in [3.8, 4) is 0 Å². The van der Waals surface area contributed by atoms with Gasteiger partial charge in [0.25, 0.3) is 0 Å². The molecule has 2 aliphatic rings. The number of nitrogens with zero attached hydrogens (tertiary/aromatic N) is 2. The first-order valence-electron chi connectivity index (χ1n) is 7.31. The van der Waals surface area contributed by atoms with Gasteiger partial charge in [-0.1, -0.05) is 0 Å². The molecule has 7 nitrogen and oxygen atoms in total. The zero-order valence-electron chi connectivity index (χ0n) is 12.6. The predicted molar refractivity (Wildman–Crippen MR) is 77.1 cm³/mol. The van der Waals surface area contributed by atoms with Gasteiger partial charge in [0.2, 0.25) is 15.9 Å². The van der Waals surface area contributed by atoms with Crippen LogP contribution in [0.5, 0.6) is 0 Å². The topological polar surface area (TPSA) is 87.2 Å². The van der Waals surface area contributed by atoms with Gasteiger partial charge in [0.1, 0.15) is 0 Å². The van der Waals surface area contributed by atoms with E-state index >= 15 is 0 Å². The van der Waals surface area contributed by atoms with E-state index in [4.69, 9.17) is 4.74 Å². The van der Waals surface area contributed by atoms with Crippen molar-refractivity contribution in [3.05, 3.63) is 0 Å². The molecule has 0 radical (unpaired) electrons. The molecule has 0 aromatic carbocycles. The highest BCUT2D eigenvalue weighted by Gasteiger charge is 2.36. The smallest absolute Gasteiger partial charge is 0.227 e. The molecule has 122 valence electrons. The van der Waals surface area contributed by atoms with Gasteiger partial charge in [0.05, 0.1) is 37.5 Å². The van der Waals surface area contributed by atoms with Crippen molar-refractivity contribution in [1.82, 2.24) is 9.21 Å². The van der Waals surface area contributed by atoms with Crippen LogP contribution in [-0.4, -0.2) is 79.9 Å². The van der Waals surface area contributed by atoms with Crippen LogP contribution in [0.4, 0.5) is 0 Å². The Balaban J connectivity index is 2.04. The molecule has 0 aliphatic carbocycles. The number of aliphatic hydroxyl groups is 1. The van der Waals surface area contributed by atoms with Crippen LogP contribution in [0.2, 0.25) is 0 Å². The summed E-state index contributed by atoms with van der Waals surface area (Å²) in [7, 11) is -3.25. The number of piperidine rings is 1. The highest BCUT2D eigenvalue weighted by Crippen LogP contribution is 2.23. The minimum atomic E-state index is -3.25. The lowest BCUT2D eigenvalue weighted by molar-refractivity contribution is -0.151. The van der Waals surface area contributed by atoms with Crippen LogP contribution < -0.4 is 0 Å². The zero-order chi connectivity index (χ0) is 15.6. The molecule has 1 amide bonds. The van der Waals surface area contributed by atoms with Gasteiger partial charge in [-0.3, -0.25) is 4.79 Å². The molecular formula is C13H24N2O5S. The van der Waals surface area contributed by atoms with E-state index in [2.05, 4.69) is 0 Å². The summed E-state index contributed by atoms with van der Waals surface area (Å²) in [5.74, 6) is -0.328. The summed E-state index contributed by atoms with van der Waals surface area (Å²) in [6, 6.07) is -0.0473. The standard InChI is InChI=1S/C13H24N2O5S/c1-10-9-20-12(8-16)7-15(10)13(17)11-4-3-5-14(6-11)21(2,18)19/h10-12,16H,3-9H2,1-2H3.